The van der Waals surface area contributed by atoms with E-state index in [2.05, 4.69) is 15.2 Å². The lowest BCUT2D eigenvalue weighted by molar-refractivity contribution is -0.384. The fourth-order valence-corrected chi connectivity index (χ4v) is 2.47. The maximum absolute atomic E-state index is 10.7. The van der Waals surface area contributed by atoms with Crippen molar-refractivity contribution in [3.63, 3.8) is 0 Å². The van der Waals surface area contributed by atoms with Crippen LogP contribution in [0.4, 0.5) is 22.2 Å². The van der Waals surface area contributed by atoms with Crippen molar-refractivity contribution in [3.8, 4) is 0 Å². The Labute approximate surface area is 122 Å². The first-order valence-corrected chi connectivity index (χ1v) is 6.76. The minimum Gasteiger partial charge on any atom is -0.399 e. The number of aromatic nitrogens is 1. The standard InChI is InChI=1S/C13H9N5O2S/c14-8-1-3-9(4-2-8)16-17-13-15-11-7-10(18(19)20)5-6-12(11)21-13/h1-7H,14H2. The number of anilines is 1. The molecule has 0 atom stereocenters. The van der Waals surface area contributed by atoms with Gasteiger partial charge in [-0.25, -0.2) is 4.98 Å². The molecule has 104 valence electrons. The molecule has 2 N–H and O–H groups in total. The van der Waals surface area contributed by atoms with E-state index in [9.17, 15) is 10.1 Å². The molecule has 0 unspecified atom stereocenters. The Morgan fingerprint density at radius 1 is 1.14 bits per heavy atom. The summed E-state index contributed by atoms with van der Waals surface area (Å²) in [5.41, 5.74) is 7.45. The molecule has 0 saturated heterocycles. The number of non-ortho nitro benzene ring substituents is 1. The second-order valence-electron chi connectivity index (χ2n) is 4.20. The quantitative estimate of drug-likeness (QED) is 0.338. The molecule has 2 aromatic carbocycles. The molecule has 0 amide bonds. The molecule has 0 aliphatic heterocycles. The predicted octanol–water partition coefficient (Wildman–Crippen LogP) is 4.20. The smallest absolute Gasteiger partial charge is 0.271 e. The Hall–Kier alpha value is -2.87. The zero-order valence-electron chi connectivity index (χ0n) is 10.6. The first-order chi connectivity index (χ1) is 10.1. The van der Waals surface area contributed by atoms with Crippen LogP contribution in [-0.2, 0) is 0 Å². The minimum absolute atomic E-state index is 0.00910. The third-order valence-electron chi connectivity index (χ3n) is 2.71. The van der Waals surface area contributed by atoms with Crippen molar-refractivity contribution in [3.05, 3.63) is 52.6 Å². The van der Waals surface area contributed by atoms with E-state index in [1.54, 1.807) is 30.3 Å². The average Bonchev–Trinajstić information content (AvgIpc) is 2.88. The second kappa shape index (κ2) is 5.25. The van der Waals surface area contributed by atoms with Gasteiger partial charge in [0, 0.05) is 17.8 Å². The van der Waals surface area contributed by atoms with Crippen molar-refractivity contribution in [2.75, 3.05) is 5.73 Å². The van der Waals surface area contributed by atoms with Crippen LogP contribution < -0.4 is 5.73 Å². The highest BCUT2D eigenvalue weighted by atomic mass is 32.1. The SMILES string of the molecule is Nc1ccc(N=Nc2nc3cc([N+](=O)[O-])ccc3s2)cc1. The van der Waals surface area contributed by atoms with Crippen molar-refractivity contribution in [1.82, 2.24) is 4.98 Å². The highest BCUT2D eigenvalue weighted by Crippen LogP contribution is 2.31. The summed E-state index contributed by atoms with van der Waals surface area (Å²) in [6.45, 7) is 0. The summed E-state index contributed by atoms with van der Waals surface area (Å²) in [4.78, 5) is 14.5. The maximum atomic E-state index is 10.7. The van der Waals surface area contributed by atoms with Crippen LogP contribution in [0.15, 0.2) is 52.7 Å². The van der Waals surface area contributed by atoms with Crippen LogP contribution in [0.2, 0.25) is 0 Å². The molecule has 0 bridgehead atoms. The van der Waals surface area contributed by atoms with E-state index in [4.69, 9.17) is 5.73 Å². The van der Waals surface area contributed by atoms with Crippen molar-refractivity contribution < 1.29 is 4.92 Å². The number of nitrogens with zero attached hydrogens (tertiary/aromatic N) is 4. The number of nitrogens with two attached hydrogens (primary N) is 1. The van der Waals surface area contributed by atoms with E-state index < -0.39 is 4.92 Å². The van der Waals surface area contributed by atoms with E-state index in [1.165, 1.54) is 23.5 Å². The lowest BCUT2D eigenvalue weighted by Gasteiger charge is -1.92. The molecule has 1 heterocycles. The summed E-state index contributed by atoms with van der Waals surface area (Å²) in [5, 5.41) is 19.3. The van der Waals surface area contributed by atoms with Crippen molar-refractivity contribution >= 4 is 43.7 Å². The van der Waals surface area contributed by atoms with Crippen LogP contribution in [-0.4, -0.2) is 9.91 Å². The largest absolute Gasteiger partial charge is 0.399 e. The molecule has 8 heteroatoms. The number of nitro groups is 1. The molecule has 3 rings (SSSR count). The Morgan fingerprint density at radius 3 is 2.62 bits per heavy atom. The molecule has 0 aliphatic carbocycles. The molecule has 7 nitrogen and oxygen atoms in total. The molecule has 0 aliphatic rings. The number of fused-ring (bicyclic) bond motifs is 1. The highest BCUT2D eigenvalue weighted by Gasteiger charge is 2.09. The van der Waals surface area contributed by atoms with Gasteiger partial charge < -0.3 is 5.73 Å². The van der Waals surface area contributed by atoms with Crippen LogP contribution in [0.3, 0.4) is 0 Å². The van der Waals surface area contributed by atoms with Gasteiger partial charge in [-0.2, -0.15) is 0 Å². The fourth-order valence-electron chi connectivity index (χ4n) is 1.70. The van der Waals surface area contributed by atoms with Gasteiger partial charge in [0.25, 0.3) is 5.69 Å². The monoisotopic (exact) mass is 299 g/mol. The van der Waals surface area contributed by atoms with Gasteiger partial charge in [-0.05, 0) is 30.3 Å². The molecule has 3 aromatic rings. The second-order valence-corrected chi connectivity index (χ2v) is 5.21. The number of azo groups is 1. The van der Waals surface area contributed by atoms with Crippen LogP contribution in [0.25, 0.3) is 10.2 Å². The molecule has 0 fully saturated rings. The van der Waals surface area contributed by atoms with Crippen molar-refractivity contribution in [2.24, 2.45) is 10.2 Å². The zero-order chi connectivity index (χ0) is 14.8. The summed E-state index contributed by atoms with van der Waals surface area (Å²) in [6.07, 6.45) is 0. The number of thiazole rings is 1. The number of nitrogen functional groups attached to an aromatic ring is 1. The summed E-state index contributed by atoms with van der Waals surface area (Å²) >= 11 is 1.32. The number of hydrogen-bond donors (Lipinski definition) is 1. The fraction of sp³-hybridized carbons (Fsp3) is 0. The van der Waals surface area contributed by atoms with E-state index in [-0.39, 0.29) is 5.69 Å². The Morgan fingerprint density at radius 2 is 1.90 bits per heavy atom. The van der Waals surface area contributed by atoms with E-state index in [0.717, 1.165) is 4.70 Å². The van der Waals surface area contributed by atoms with Crippen LogP contribution in [0, 0.1) is 10.1 Å². The Balaban J connectivity index is 1.90. The van der Waals surface area contributed by atoms with Gasteiger partial charge in [0.1, 0.15) is 0 Å². The lowest BCUT2D eigenvalue weighted by Crippen LogP contribution is -1.86. The Kier molecular flexibility index (Phi) is 3.28. The molecule has 1 aromatic heterocycles. The van der Waals surface area contributed by atoms with Gasteiger partial charge in [-0.3, -0.25) is 10.1 Å². The van der Waals surface area contributed by atoms with Gasteiger partial charge in [-0.1, -0.05) is 11.3 Å². The van der Waals surface area contributed by atoms with Gasteiger partial charge >= 0.3 is 0 Å². The molecule has 0 saturated carbocycles. The summed E-state index contributed by atoms with van der Waals surface area (Å²) < 4.78 is 0.826. The zero-order valence-corrected chi connectivity index (χ0v) is 11.4. The van der Waals surface area contributed by atoms with Crippen molar-refractivity contribution in [2.45, 2.75) is 0 Å². The summed E-state index contributed by atoms with van der Waals surface area (Å²) in [5.74, 6) is 0. The molecule has 21 heavy (non-hydrogen) atoms. The molecular weight excluding hydrogens is 290 g/mol. The van der Waals surface area contributed by atoms with Crippen LogP contribution in [0.5, 0.6) is 0 Å². The van der Waals surface area contributed by atoms with Crippen LogP contribution in [0.1, 0.15) is 0 Å². The predicted molar refractivity (Wildman–Crippen MR) is 81.3 cm³/mol. The lowest BCUT2D eigenvalue weighted by atomic mass is 10.3. The van der Waals surface area contributed by atoms with Gasteiger partial charge in [0.2, 0.25) is 5.13 Å². The van der Waals surface area contributed by atoms with Gasteiger partial charge in [-0.15, -0.1) is 10.2 Å². The summed E-state index contributed by atoms with van der Waals surface area (Å²) in [7, 11) is 0. The van der Waals surface area contributed by atoms with E-state index >= 15 is 0 Å². The number of rotatable bonds is 3. The number of benzene rings is 2. The summed E-state index contributed by atoms with van der Waals surface area (Å²) in [6, 6.07) is 11.5. The molecule has 0 spiro atoms. The highest BCUT2D eigenvalue weighted by molar-refractivity contribution is 7.21. The van der Waals surface area contributed by atoms with Crippen LogP contribution >= 0.6 is 11.3 Å². The first-order valence-electron chi connectivity index (χ1n) is 5.94. The maximum Gasteiger partial charge on any atom is 0.271 e. The normalized spacial score (nSPS) is 11.2. The third kappa shape index (κ3) is 2.84. The number of hydrogen-bond acceptors (Lipinski definition) is 7. The number of nitro benzene ring substituents is 1. The first kappa shape index (κ1) is 13.1. The Bertz CT molecular complexity index is 841. The molecule has 0 radical (unpaired) electrons. The minimum atomic E-state index is -0.450. The van der Waals surface area contributed by atoms with Crippen molar-refractivity contribution in [1.29, 1.82) is 0 Å². The van der Waals surface area contributed by atoms with Gasteiger partial charge in [0.15, 0.2) is 0 Å². The third-order valence-corrected chi connectivity index (χ3v) is 3.64. The topological polar surface area (TPSA) is 107 Å². The van der Waals surface area contributed by atoms with E-state index in [1.807, 2.05) is 0 Å². The molecular formula is C13H9N5O2S. The van der Waals surface area contributed by atoms with Gasteiger partial charge in [0.05, 0.1) is 20.8 Å². The van der Waals surface area contributed by atoms with E-state index in [0.29, 0.717) is 22.0 Å². The average molecular weight is 299 g/mol.